The van der Waals surface area contributed by atoms with Gasteiger partial charge in [0.2, 0.25) is 5.91 Å². The summed E-state index contributed by atoms with van der Waals surface area (Å²) in [5.74, 6) is -0.368. The summed E-state index contributed by atoms with van der Waals surface area (Å²) in [5, 5.41) is 9.92. The van der Waals surface area contributed by atoms with Crippen LogP contribution in [0.15, 0.2) is 35.7 Å². The molecule has 0 spiro atoms. The molecule has 5 nitrogen and oxygen atoms in total. The largest absolute Gasteiger partial charge is 0.289 e. The monoisotopic (exact) mass is 296 g/mol. The fourth-order valence-electron chi connectivity index (χ4n) is 1.57. The van der Waals surface area contributed by atoms with E-state index in [1.807, 2.05) is 36.4 Å². The molecule has 0 aromatic heterocycles. The second-order valence-electron chi connectivity index (χ2n) is 4.25. The number of nitrogens with one attached hydrogen (secondary N) is 2. The highest BCUT2D eigenvalue weighted by atomic mass is 32.2. The van der Waals surface area contributed by atoms with Crippen molar-refractivity contribution in [3.8, 4) is 0 Å². The van der Waals surface area contributed by atoms with Gasteiger partial charge in [-0.05, 0) is 24.5 Å². The Morgan fingerprint density at radius 2 is 1.95 bits per heavy atom. The van der Waals surface area contributed by atoms with Crippen molar-refractivity contribution in [2.75, 3.05) is 6.54 Å². The second-order valence-corrected chi connectivity index (χ2v) is 5.41. The summed E-state index contributed by atoms with van der Waals surface area (Å²) >= 11 is 0. The summed E-state index contributed by atoms with van der Waals surface area (Å²) in [6, 6.07) is 9.68. The van der Waals surface area contributed by atoms with Crippen LogP contribution in [0.2, 0.25) is 0 Å². The fourth-order valence-corrected chi connectivity index (χ4v) is 2.29. The molecule has 0 radical (unpaired) electrons. The third-order valence-electron chi connectivity index (χ3n) is 2.63. The van der Waals surface area contributed by atoms with Gasteiger partial charge in [-0.25, -0.2) is 14.4 Å². The van der Waals surface area contributed by atoms with Crippen LogP contribution in [-0.2, 0) is 15.8 Å². The van der Waals surface area contributed by atoms with Gasteiger partial charge in [-0.1, -0.05) is 36.8 Å². The van der Waals surface area contributed by atoms with Crippen LogP contribution in [0, 0.1) is 0 Å². The first kappa shape index (κ1) is 16.6. The average molecular weight is 296 g/mol. The molecule has 6 heteroatoms. The second kappa shape index (κ2) is 10.3. The summed E-state index contributed by atoms with van der Waals surface area (Å²) < 4.78 is 14.5. The van der Waals surface area contributed by atoms with Gasteiger partial charge in [0.05, 0.1) is 0 Å². The van der Waals surface area contributed by atoms with Gasteiger partial charge in [-0.15, -0.1) is 0 Å². The van der Waals surface area contributed by atoms with Gasteiger partial charge in [-0.3, -0.25) is 10.0 Å². The molecule has 110 valence electrons. The van der Waals surface area contributed by atoms with E-state index in [0.29, 0.717) is 19.4 Å². The molecular formula is C14H20N2O3S. The molecule has 3 N–H and O–H groups in total. The number of carbonyl (C=O) groups excluding carboxylic acids is 1. The number of carbonyl (C=O) groups is 1. The molecule has 1 aromatic rings. The smallest absolute Gasteiger partial charge is 0.243 e. The van der Waals surface area contributed by atoms with Gasteiger partial charge >= 0.3 is 0 Å². The predicted octanol–water partition coefficient (Wildman–Crippen LogP) is 1.98. The quantitative estimate of drug-likeness (QED) is 0.370. The summed E-state index contributed by atoms with van der Waals surface area (Å²) in [6.45, 7) is 0.631. The summed E-state index contributed by atoms with van der Waals surface area (Å²) in [6.07, 6.45) is 4.52. The molecule has 1 unspecified atom stereocenters. The topological polar surface area (TPSA) is 78.4 Å². The molecule has 1 amide bonds. The molecule has 0 saturated heterocycles. The maximum Gasteiger partial charge on any atom is 0.243 e. The highest BCUT2D eigenvalue weighted by molar-refractivity contribution is 7.86. The van der Waals surface area contributed by atoms with Gasteiger partial charge in [0.15, 0.2) is 0 Å². The Morgan fingerprint density at radius 1 is 1.20 bits per heavy atom. The van der Waals surface area contributed by atoms with Crippen LogP contribution in [0.5, 0.6) is 0 Å². The zero-order valence-electron chi connectivity index (χ0n) is 11.2. The third-order valence-corrected chi connectivity index (χ3v) is 3.51. The van der Waals surface area contributed by atoms with Crippen molar-refractivity contribution >= 4 is 23.0 Å². The van der Waals surface area contributed by atoms with Gasteiger partial charge in [0, 0.05) is 18.4 Å². The van der Waals surface area contributed by atoms with Gasteiger partial charge in [0.1, 0.15) is 11.0 Å². The highest BCUT2D eigenvalue weighted by Crippen LogP contribution is 2.02. The molecule has 0 aliphatic rings. The van der Waals surface area contributed by atoms with E-state index in [-0.39, 0.29) is 5.91 Å². The standard InChI is InChI=1S/C14H20N2O3S/c17-14(16-18)9-5-2-6-11-15-20(19)12-10-13-7-3-1-4-8-13/h1,3-4,7-8,10,12,15,18H,2,5-6,9,11H2,(H,16,17)/b12-10+. The summed E-state index contributed by atoms with van der Waals surface area (Å²) in [7, 11) is -1.19. The van der Waals surface area contributed by atoms with Crippen molar-refractivity contribution in [3.63, 3.8) is 0 Å². The third kappa shape index (κ3) is 7.83. The minimum Gasteiger partial charge on any atom is -0.289 e. The van der Waals surface area contributed by atoms with E-state index < -0.39 is 11.0 Å². The molecule has 0 aliphatic heterocycles. The fraction of sp³-hybridized carbons (Fsp3) is 0.357. The van der Waals surface area contributed by atoms with Crippen molar-refractivity contribution in [3.05, 3.63) is 41.3 Å². The zero-order valence-corrected chi connectivity index (χ0v) is 12.1. The Balaban J connectivity index is 2.09. The lowest BCUT2D eigenvalue weighted by Gasteiger charge is -2.01. The van der Waals surface area contributed by atoms with E-state index in [1.54, 1.807) is 10.9 Å². The van der Waals surface area contributed by atoms with Crippen LogP contribution < -0.4 is 10.2 Å². The summed E-state index contributed by atoms with van der Waals surface area (Å²) in [5.41, 5.74) is 2.61. The van der Waals surface area contributed by atoms with Gasteiger partial charge in [-0.2, -0.15) is 0 Å². The molecule has 1 atom stereocenters. The average Bonchev–Trinajstić information content (AvgIpc) is 2.49. The van der Waals surface area contributed by atoms with E-state index in [2.05, 4.69) is 4.72 Å². The van der Waals surface area contributed by atoms with Crippen molar-refractivity contribution in [1.82, 2.24) is 10.2 Å². The van der Waals surface area contributed by atoms with Crippen molar-refractivity contribution < 1.29 is 14.2 Å². The minimum atomic E-state index is -1.19. The molecule has 1 aromatic carbocycles. The van der Waals surface area contributed by atoms with E-state index in [1.165, 1.54) is 0 Å². The predicted molar refractivity (Wildman–Crippen MR) is 80.0 cm³/mol. The van der Waals surface area contributed by atoms with E-state index in [9.17, 15) is 9.00 Å². The Labute approximate surface area is 121 Å². The minimum absolute atomic E-state index is 0.313. The molecule has 0 fully saturated rings. The maximum atomic E-state index is 11.6. The molecular weight excluding hydrogens is 276 g/mol. The van der Waals surface area contributed by atoms with E-state index in [0.717, 1.165) is 18.4 Å². The lowest BCUT2D eigenvalue weighted by Crippen LogP contribution is -2.18. The van der Waals surface area contributed by atoms with Crippen molar-refractivity contribution in [1.29, 1.82) is 0 Å². The Morgan fingerprint density at radius 3 is 2.65 bits per heavy atom. The number of amides is 1. The summed E-state index contributed by atoms with van der Waals surface area (Å²) in [4.78, 5) is 10.7. The number of hydrogen-bond donors (Lipinski definition) is 3. The first-order valence-corrected chi connectivity index (χ1v) is 7.74. The number of unbranched alkanes of at least 4 members (excludes halogenated alkanes) is 2. The van der Waals surface area contributed by atoms with Crippen LogP contribution in [0.3, 0.4) is 0 Å². The number of hydrogen-bond acceptors (Lipinski definition) is 3. The number of hydroxylamine groups is 1. The van der Waals surface area contributed by atoms with Crippen LogP contribution in [-0.4, -0.2) is 21.9 Å². The van der Waals surface area contributed by atoms with E-state index >= 15 is 0 Å². The zero-order chi connectivity index (χ0) is 14.6. The Hall–Kier alpha value is -1.50. The van der Waals surface area contributed by atoms with Gasteiger partial charge < -0.3 is 0 Å². The molecule has 0 bridgehead atoms. The van der Waals surface area contributed by atoms with Crippen LogP contribution in [0.1, 0.15) is 31.2 Å². The SMILES string of the molecule is O=C(CCCCCNS(=O)/C=C/c1ccccc1)NO. The van der Waals surface area contributed by atoms with Crippen LogP contribution in [0.25, 0.3) is 6.08 Å². The Kier molecular flexibility index (Phi) is 8.53. The first-order chi connectivity index (χ1) is 9.72. The number of rotatable bonds is 9. The first-order valence-electron chi connectivity index (χ1n) is 6.52. The molecule has 0 saturated carbocycles. The molecule has 0 aliphatic carbocycles. The highest BCUT2D eigenvalue weighted by Gasteiger charge is 1.98. The normalized spacial score (nSPS) is 12.4. The molecule has 0 heterocycles. The van der Waals surface area contributed by atoms with Crippen molar-refractivity contribution in [2.24, 2.45) is 0 Å². The van der Waals surface area contributed by atoms with Crippen LogP contribution >= 0.6 is 0 Å². The molecule has 1 rings (SSSR count). The Bertz CT molecular complexity index is 449. The lowest BCUT2D eigenvalue weighted by atomic mass is 10.2. The molecule has 20 heavy (non-hydrogen) atoms. The number of benzene rings is 1. The maximum absolute atomic E-state index is 11.6. The van der Waals surface area contributed by atoms with Crippen molar-refractivity contribution in [2.45, 2.75) is 25.7 Å². The van der Waals surface area contributed by atoms with E-state index in [4.69, 9.17) is 5.21 Å². The van der Waals surface area contributed by atoms with Gasteiger partial charge in [0.25, 0.3) is 0 Å². The lowest BCUT2D eigenvalue weighted by molar-refractivity contribution is -0.129. The van der Waals surface area contributed by atoms with Crippen LogP contribution in [0.4, 0.5) is 0 Å².